The number of hydrogen-bond acceptors (Lipinski definition) is 2. The van der Waals surface area contributed by atoms with E-state index in [0.29, 0.717) is 5.75 Å². The Labute approximate surface area is 74.4 Å². The summed E-state index contributed by atoms with van der Waals surface area (Å²) < 4.78 is 0.731. The van der Waals surface area contributed by atoms with Gasteiger partial charge in [0, 0.05) is 18.3 Å². The molecule has 0 atom stereocenters. The zero-order valence-electron chi connectivity index (χ0n) is 6.48. The number of phenols is 1. The van der Waals surface area contributed by atoms with Crippen LogP contribution in [0.1, 0.15) is 5.56 Å². The molecule has 0 aromatic heterocycles. The highest BCUT2D eigenvalue weighted by atomic mass is 79.9. The highest BCUT2D eigenvalue weighted by Crippen LogP contribution is 2.31. The molecule has 3 heteroatoms. The van der Waals surface area contributed by atoms with E-state index in [0.717, 1.165) is 15.7 Å². The van der Waals surface area contributed by atoms with E-state index in [9.17, 15) is 5.11 Å². The fourth-order valence-electron chi connectivity index (χ4n) is 0.938. The molecule has 0 radical (unpaired) electrons. The molecule has 60 valence electrons. The largest absolute Gasteiger partial charge is 0.506 e. The van der Waals surface area contributed by atoms with Gasteiger partial charge in [0.1, 0.15) is 5.75 Å². The molecule has 2 nitrogen and oxygen atoms in total. The number of hydrogen-bond donors (Lipinski definition) is 2. The van der Waals surface area contributed by atoms with Gasteiger partial charge in [-0.25, -0.2) is 0 Å². The van der Waals surface area contributed by atoms with E-state index in [-0.39, 0.29) is 0 Å². The SMILES string of the molecule is CNc1ccc(Br)c(O)c1C. The number of rotatable bonds is 1. The van der Waals surface area contributed by atoms with Crippen molar-refractivity contribution in [3.8, 4) is 5.75 Å². The summed E-state index contributed by atoms with van der Waals surface area (Å²) in [6.07, 6.45) is 0. The second kappa shape index (κ2) is 3.13. The minimum Gasteiger partial charge on any atom is -0.506 e. The summed E-state index contributed by atoms with van der Waals surface area (Å²) in [6, 6.07) is 3.73. The van der Waals surface area contributed by atoms with Gasteiger partial charge in [-0.15, -0.1) is 0 Å². The predicted octanol–water partition coefficient (Wildman–Crippen LogP) is 2.50. The smallest absolute Gasteiger partial charge is 0.134 e. The highest BCUT2D eigenvalue weighted by Gasteiger charge is 2.04. The van der Waals surface area contributed by atoms with Crippen LogP contribution >= 0.6 is 15.9 Å². The molecule has 0 aliphatic carbocycles. The fraction of sp³-hybridized carbons (Fsp3) is 0.250. The van der Waals surface area contributed by atoms with Gasteiger partial charge in [0.25, 0.3) is 0 Å². The third kappa shape index (κ3) is 1.48. The number of benzene rings is 1. The van der Waals surface area contributed by atoms with Crippen molar-refractivity contribution in [1.82, 2.24) is 0 Å². The van der Waals surface area contributed by atoms with Gasteiger partial charge in [-0.2, -0.15) is 0 Å². The molecule has 0 aliphatic heterocycles. The lowest BCUT2D eigenvalue weighted by Gasteiger charge is -2.07. The van der Waals surface area contributed by atoms with Crippen molar-refractivity contribution in [2.24, 2.45) is 0 Å². The molecule has 0 heterocycles. The first kappa shape index (κ1) is 8.40. The Morgan fingerprint density at radius 2 is 2.09 bits per heavy atom. The van der Waals surface area contributed by atoms with Crippen LogP contribution < -0.4 is 5.32 Å². The second-order valence-corrected chi connectivity index (χ2v) is 3.17. The van der Waals surface area contributed by atoms with Crippen molar-refractivity contribution in [2.75, 3.05) is 12.4 Å². The molecule has 0 spiro atoms. The zero-order chi connectivity index (χ0) is 8.43. The lowest BCUT2D eigenvalue weighted by molar-refractivity contribution is 0.468. The number of halogens is 1. The zero-order valence-corrected chi connectivity index (χ0v) is 8.07. The van der Waals surface area contributed by atoms with Gasteiger partial charge in [0.15, 0.2) is 0 Å². The summed E-state index contributed by atoms with van der Waals surface area (Å²) in [7, 11) is 1.83. The number of aromatic hydroxyl groups is 1. The van der Waals surface area contributed by atoms with Gasteiger partial charge < -0.3 is 10.4 Å². The van der Waals surface area contributed by atoms with Crippen molar-refractivity contribution in [3.63, 3.8) is 0 Å². The van der Waals surface area contributed by atoms with Crippen LogP contribution in [0.5, 0.6) is 5.75 Å². The minimum absolute atomic E-state index is 0.303. The van der Waals surface area contributed by atoms with Crippen LogP contribution in [0.15, 0.2) is 16.6 Å². The lowest BCUT2D eigenvalue weighted by atomic mass is 10.2. The van der Waals surface area contributed by atoms with Crippen molar-refractivity contribution >= 4 is 21.6 Å². The molecule has 1 aromatic carbocycles. The minimum atomic E-state index is 0.303. The molecule has 0 saturated carbocycles. The van der Waals surface area contributed by atoms with Crippen molar-refractivity contribution in [1.29, 1.82) is 0 Å². The summed E-state index contributed by atoms with van der Waals surface area (Å²) in [6.45, 7) is 1.87. The Morgan fingerprint density at radius 3 is 2.64 bits per heavy atom. The summed E-state index contributed by atoms with van der Waals surface area (Å²) in [5.74, 6) is 0.303. The first-order valence-corrected chi connectivity index (χ1v) is 4.12. The maximum atomic E-state index is 9.43. The van der Waals surface area contributed by atoms with Gasteiger partial charge in [-0.05, 0) is 35.0 Å². The van der Waals surface area contributed by atoms with E-state index >= 15 is 0 Å². The number of anilines is 1. The van der Waals surface area contributed by atoms with E-state index in [1.54, 1.807) is 0 Å². The monoisotopic (exact) mass is 215 g/mol. The summed E-state index contributed by atoms with van der Waals surface area (Å²) in [5.41, 5.74) is 1.81. The third-order valence-corrected chi connectivity index (χ3v) is 2.29. The van der Waals surface area contributed by atoms with Gasteiger partial charge >= 0.3 is 0 Å². The average molecular weight is 216 g/mol. The predicted molar refractivity (Wildman–Crippen MR) is 50.1 cm³/mol. The first-order valence-electron chi connectivity index (χ1n) is 3.32. The van der Waals surface area contributed by atoms with E-state index < -0.39 is 0 Å². The van der Waals surface area contributed by atoms with E-state index in [1.807, 2.05) is 26.1 Å². The Kier molecular flexibility index (Phi) is 2.39. The van der Waals surface area contributed by atoms with Crippen molar-refractivity contribution < 1.29 is 5.11 Å². The van der Waals surface area contributed by atoms with Gasteiger partial charge in [-0.3, -0.25) is 0 Å². The van der Waals surface area contributed by atoms with E-state index in [2.05, 4.69) is 21.2 Å². The molecule has 11 heavy (non-hydrogen) atoms. The number of phenolic OH excluding ortho intramolecular Hbond substituents is 1. The topological polar surface area (TPSA) is 32.3 Å². The molecular weight excluding hydrogens is 206 g/mol. The Hall–Kier alpha value is -0.700. The quantitative estimate of drug-likeness (QED) is 0.755. The van der Waals surface area contributed by atoms with Gasteiger partial charge in [0.2, 0.25) is 0 Å². The fourth-order valence-corrected chi connectivity index (χ4v) is 1.37. The van der Waals surface area contributed by atoms with Crippen molar-refractivity contribution in [2.45, 2.75) is 6.92 Å². The maximum absolute atomic E-state index is 9.43. The second-order valence-electron chi connectivity index (χ2n) is 2.32. The lowest BCUT2D eigenvalue weighted by Crippen LogP contribution is -1.91. The van der Waals surface area contributed by atoms with Gasteiger partial charge in [-0.1, -0.05) is 0 Å². The molecule has 0 unspecified atom stereocenters. The van der Waals surface area contributed by atoms with Crippen LogP contribution in [0, 0.1) is 6.92 Å². The Balaban J connectivity index is 3.25. The summed E-state index contributed by atoms with van der Waals surface area (Å²) in [5, 5.41) is 12.4. The van der Waals surface area contributed by atoms with Gasteiger partial charge in [0.05, 0.1) is 4.47 Å². The highest BCUT2D eigenvalue weighted by molar-refractivity contribution is 9.10. The average Bonchev–Trinajstić information content (AvgIpc) is 2.01. The molecule has 0 amide bonds. The Morgan fingerprint density at radius 1 is 1.45 bits per heavy atom. The molecule has 0 fully saturated rings. The van der Waals surface area contributed by atoms with Crippen LogP contribution in [-0.2, 0) is 0 Å². The van der Waals surface area contributed by atoms with Crippen molar-refractivity contribution in [3.05, 3.63) is 22.2 Å². The van der Waals surface area contributed by atoms with Crippen LogP contribution in [0.4, 0.5) is 5.69 Å². The third-order valence-electron chi connectivity index (χ3n) is 1.65. The Bertz CT molecular complexity index is 273. The molecule has 1 aromatic rings. The van der Waals surface area contributed by atoms with Crippen LogP contribution in [-0.4, -0.2) is 12.2 Å². The molecule has 2 N–H and O–H groups in total. The molecule has 0 saturated heterocycles. The summed E-state index contributed by atoms with van der Waals surface area (Å²) >= 11 is 3.23. The molecular formula is C8H10BrNO. The molecule has 0 bridgehead atoms. The van der Waals surface area contributed by atoms with Crippen LogP contribution in [0.2, 0.25) is 0 Å². The number of nitrogens with one attached hydrogen (secondary N) is 1. The molecule has 1 rings (SSSR count). The van der Waals surface area contributed by atoms with Crippen LogP contribution in [0.25, 0.3) is 0 Å². The molecule has 0 aliphatic rings. The van der Waals surface area contributed by atoms with E-state index in [4.69, 9.17) is 0 Å². The standard InChI is InChI=1S/C8H10BrNO/c1-5-7(10-2)4-3-6(9)8(5)11/h3-4,10-11H,1-2H3. The van der Waals surface area contributed by atoms with Crippen LogP contribution in [0.3, 0.4) is 0 Å². The maximum Gasteiger partial charge on any atom is 0.134 e. The van der Waals surface area contributed by atoms with E-state index in [1.165, 1.54) is 0 Å². The first-order chi connectivity index (χ1) is 5.16. The summed E-state index contributed by atoms with van der Waals surface area (Å²) in [4.78, 5) is 0. The normalized spacial score (nSPS) is 9.73.